The van der Waals surface area contributed by atoms with Gasteiger partial charge in [-0.15, -0.1) is 11.3 Å². The summed E-state index contributed by atoms with van der Waals surface area (Å²) in [7, 11) is -2.70. The first-order chi connectivity index (χ1) is 16.1. The second-order valence-corrected chi connectivity index (χ2v) is 11.4. The Morgan fingerprint density at radius 1 is 1.18 bits per heavy atom. The highest BCUT2D eigenvalue weighted by Crippen LogP contribution is 2.40. The molecule has 0 spiro atoms. The van der Waals surface area contributed by atoms with Crippen LogP contribution in [0.15, 0.2) is 52.9 Å². The molecule has 2 heterocycles. The molecule has 4 rings (SSSR count). The summed E-state index contributed by atoms with van der Waals surface area (Å²) in [6.07, 6.45) is 3.30. The van der Waals surface area contributed by atoms with Crippen LogP contribution in [-0.2, 0) is 21.4 Å². The van der Waals surface area contributed by atoms with Crippen LogP contribution in [0.5, 0.6) is 0 Å². The number of sulfonamides is 1. The Labute approximate surface area is 201 Å². The Bertz CT molecular complexity index is 1370. The summed E-state index contributed by atoms with van der Waals surface area (Å²) in [6.45, 7) is 4.21. The van der Waals surface area contributed by atoms with Crippen LogP contribution < -0.4 is 4.90 Å². The maximum Gasteiger partial charge on any atom is 0.259 e. The molecule has 10 heteroatoms. The molecule has 0 saturated carbocycles. The van der Waals surface area contributed by atoms with Crippen LogP contribution in [0.25, 0.3) is 11.6 Å². The lowest BCUT2D eigenvalue weighted by molar-refractivity contribution is -0.113. The van der Waals surface area contributed by atoms with Crippen molar-refractivity contribution in [1.29, 1.82) is 0 Å². The number of nitrogens with zero attached hydrogens (tertiary/aromatic N) is 3. The van der Waals surface area contributed by atoms with Gasteiger partial charge in [-0.05, 0) is 36.3 Å². The average Bonchev–Trinajstić information content (AvgIpc) is 3.38. The summed E-state index contributed by atoms with van der Waals surface area (Å²) in [5.41, 5.74) is 1.56. The first-order valence-corrected chi connectivity index (χ1v) is 12.9. The van der Waals surface area contributed by atoms with Gasteiger partial charge >= 0.3 is 0 Å². The van der Waals surface area contributed by atoms with E-state index in [4.69, 9.17) is 0 Å². The fraction of sp³-hybridized carbons (Fsp3) is 0.250. The lowest BCUT2D eigenvalue weighted by atomic mass is 10.1. The summed E-state index contributed by atoms with van der Waals surface area (Å²) in [5, 5.41) is 2.43. The van der Waals surface area contributed by atoms with Crippen molar-refractivity contribution in [3.8, 4) is 0 Å². The van der Waals surface area contributed by atoms with Crippen molar-refractivity contribution in [2.45, 2.75) is 25.3 Å². The number of rotatable bonds is 7. The summed E-state index contributed by atoms with van der Waals surface area (Å²) >= 11 is 1.37. The minimum Gasteiger partial charge on any atom is -0.307 e. The number of fused-ring (bicyclic) bond motifs is 1. The van der Waals surface area contributed by atoms with E-state index >= 15 is 0 Å². The van der Waals surface area contributed by atoms with Gasteiger partial charge in [0.25, 0.3) is 5.91 Å². The number of thiazole rings is 1. The average molecular weight is 504 g/mol. The van der Waals surface area contributed by atoms with Crippen molar-refractivity contribution in [1.82, 2.24) is 9.29 Å². The Morgan fingerprint density at radius 2 is 1.94 bits per heavy atom. The molecule has 6 nitrogen and oxygen atoms in total. The molecule has 1 aliphatic rings. The Balaban J connectivity index is 1.73. The van der Waals surface area contributed by atoms with Gasteiger partial charge in [0, 0.05) is 48.9 Å². The first kappa shape index (κ1) is 24.2. The Kier molecular flexibility index (Phi) is 6.66. The third-order valence-corrected chi connectivity index (χ3v) is 7.93. The number of carbonyl (C=O) groups is 1. The lowest BCUT2D eigenvalue weighted by Gasteiger charge is -2.20. The number of amides is 1. The molecule has 0 radical (unpaired) electrons. The number of halogens is 2. The summed E-state index contributed by atoms with van der Waals surface area (Å²) < 4.78 is 54.9. The largest absolute Gasteiger partial charge is 0.307 e. The predicted molar refractivity (Wildman–Crippen MR) is 129 cm³/mol. The van der Waals surface area contributed by atoms with Crippen LogP contribution in [0.2, 0.25) is 0 Å². The van der Waals surface area contributed by atoms with Crippen molar-refractivity contribution in [2.24, 2.45) is 5.92 Å². The van der Waals surface area contributed by atoms with Crippen LogP contribution in [0.3, 0.4) is 0 Å². The normalized spacial score (nSPS) is 15.1. The quantitative estimate of drug-likeness (QED) is 0.435. The zero-order valence-electron chi connectivity index (χ0n) is 18.8. The van der Waals surface area contributed by atoms with Gasteiger partial charge in [-0.3, -0.25) is 4.79 Å². The molecule has 0 aliphatic carbocycles. The molecular weight excluding hydrogens is 480 g/mol. The maximum absolute atomic E-state index is 14.1. The zero-order chi connectivity index (χ0) is 24.6. The fourth-order valence-electron chi connectivity index (χ4n) is 3.77. The van der Waals surface area contributed by atoms with Crippen LogP contribution in [0.4, 0.5) is 14.5 Å². The molecule has 2 aromatic carbocycles. The third-order valence-electron chi connectivity index (χ3n) is 5.41. The minimum absolute atomic E-state index is 0.0273. The van der Waals surface area contributed by atoms with E-state index in [-0.39, 0.29) is 28.8 Å². The monoisotopic (exact) mass is 503 g/mol. The van der Waals surface area contributed by atoms with Crippen molar-refractivity contribution in [2.75, 3.05) is 18.5 Å². The molecular formula is C24H23F2N3O3S2. The highest BCUT2D eigenvalue weighted by molar-refractivity contribution is 7.89. The predicted octanol–water partition coefficient (Wildman–Crippen LogP) is 4.79. The number of hydrogen-bond acceptors (Lipinski definition) is 5. The molecule has 0 saturated heterocycles. The highest BCUT2D eigenvalue weighted by atomic mass is 32.2. The van der Waals surface area contributed by atoms with Gasteiger partial charge in [-0.25, -0.2) is 22.2 Å². The van der Waals surface area contributed by atoms with E-state index in [2.05, 4.69) is 4.98 Å². The molecule has 0 N–H and O–H groups in total. The summed E-state index contributed by atoms with van der Waals surface area (Å²) in [5.74, 6) is -1.56. The van der Waals surface area contributed by atoms with Gasteiger partial charge in [0.15, 0.2) is 0 Å². The van der Waals surface area contributed by atoms with Crippen LogP contribution in [0, 0.1) is 17.6 Å². The van der Waals surface area contributed by atoms with Crippen molar-refractivity contribution in [3.63, 3.8) is 0 Å². The van der Waals surface area contributed by atoms with E-state index in [1.807, 2.05) is 13.8 Å². The molecule has 3 aromatic rings. The second-order valence-electron chi connectivity index (χ2n) is 8.41. The highest BCUT2D eigenvalue weighted by Gasteiger charge is 2.34. The van der Waals surface area contributed by atoms with E-state index in [1.165, 1.54) is 36.6 Å². The number of hydrogen-bond donors (Lipinski definition) is 0. The molecule has 1 amide bonds. The van der Waals surface area contributed by atoms with Gasteiger partial charge in [0.05, 0.1) is 16.2 Å². The van der Waals surface area contributed by atoms with Crippen LogP contribution >= 0.6 is 11.3 Å². The molecule has 178 valence electrons. The van der Waals surface area contributed by atoms with Crippen LogP contribution in [0.1, 0.15) is 30.0 Å². The SMILES string of the molecule is CC(C)CN1C(=O)/C(=C/c2nccs2)c2cc(S(=O)(=O)N(C)Cc3ccc(F)cc3F)ccc21. The van der Waals surface area contributed by atoms with E-state index in [9.17, 15) is 22.0 Å². The number of aromatic nitrogens is 1. The summed E-state index contributed by atoms with van der Waals surface area (Å²) in [4.78, 5) is 19.1. The standard InChI is InChI=1S/C24H23F2N3O3S2/c1-15(2)13-29-22-7-6-18(11-19(22)20(24(29)30)12-23-27-8-9-33-23)34(31,32)28(3)14-16-4-5-17(25)10-21(16)26/h4-12,15H,13-14H2,1-3H3/b20-12+. The molecule has 1 aliphatic heterocycles. The first-order valence-electron chi connectivity index (χ1n) is 10.6. The van der Waals surface area contributed by atoms with Gasteiger partial charge in [-0.1, -0.05) is 19.9 Å². The van der Waals surface area contributed by atoms with Crippen molar-refractivity contribution < 1.29 is 22.0 Å². The third kappa shape index (κ3) is 4.66. The van der Waals surface area contributed by atoms with E-state index < -0.39 is 21.7 Å². The Hall–Kier alpha value is -2.95. The topological polar surface area (TPSA) is 70.6 Å². The molecule has 0 unspecified atom stereocenters. The molecule has 0 bridgehead atoms. The minimum atomic E-state index is -4.03. The van der Waals surface area contributed by atoms with Crippen molar-refractivity contribution >= 4 is 44.6 Å². The van der Waals surface area contributed by atoms with Gasteiger partial charge in [0.2, 0.25) is 10.0 Å². The Morgan fingerprint density at radius 3 is 2.59 bits per heavy atom. The molecule has 34 heavy (non-hydrogen) atoms. The number of benzene rings is 2. The molecule has 0 fully saturated rings. The smallest absolute Gasteiger partial charge is 0.259 e. The second kappa shape index (κ2) is 9.36. The van der Waals surface area contributed by atoms with Gasteiger partial charge in [-0.2, -0.15) is 4.31 Å². The zero-order valence-corrected chi connectivity index (χ0v) is 20.5. The van der Waals surface area contributed by atoms with Gasteiger partial charge in [0.1, 0.15) is 16.6 Å². The van der Waals surface area contributed by atoms with E-state index in [0.29, 0.717) is 28.4 Å². The lowest BCUT2D eigenvalue weighted by Crippen LogP contribution is -2.30. The summed E-state index contributed by atoms with van der Waals surface area (Å²) in [6, 6.07) is 7.56. The fourth-order valence-corrected chi connectivity index (χ4v) is 5.51. The molecule has 0 atom stereocenters. The van der Waals surface area contributed by atoms with Crippen LogP contribution in [-0.4, -0.2) is 37.2 Å². The van der Waals surface area contributed by atoms with Crippen molar-refractivity contribution in [3.05, 3.63) is 75.7 Å². The van der Waals surface area contributed by atoms with Gasteiger partial charge < -0.3 is 4.90 Å². The van der Waals surface area contributed by atoms with E-state index in [1.54, 1.807) is 28.6 Å². The molecule has 1 aromatic heterocycles. The maximum atomic E-state index is 14.1. The number of carbonyl (C=O) groups excluding carboxylic acids is 1. The number of anilines is 1. The van der Waals surface area contributed by atoms with E-state index in [0.717, 1.165) is 16.4 Å².